The summed E-state index contributed by atoms with van der Waals surface area (Å²) in [5, 5.41) is 3.51. The number of benzene rings is 1. The highest BCUT2D eigenvalue weighted by Crippen LogP contribution is 2.49. The first-order valence-corrected chi connectivity index (χ1v) is 8.93. The van der Waals surface area contributed by atoms with E-state index < -0.39 is 5.60 Å². The van der Waals surface area contributed by atoms with E-state index in [2.05, 4.69) is 33.4 Å². The zero-order valence-corrected chi connectivity index (χ0v) is 15.5. The summed E-state index contributed by atoms with van der Waals surface area (Å²) in [6.07, 6.45) is 2.01. The predicted molar refractivity (Wildman–Crippen MR) is 92.1 cm³/mol. The number of hydrogen-bond acceptors (Lipinski definition) is 4. The molecule has 2 aliphatic rings. The number of rotatable bonds is 4. The summed E-state index contributed by atoms with van der Waals surface area (Å²) in [5.74, 6) is 0.0980. The normalized spacial score (nSPS) is 29.7. The van der Waals surface area contributed by atoms with Gasteiger partial charge in [-0.1, -0.05) is 28.1 Å². The van der Waals surface area contributed by atoms with Crippen LogP contribution in [0.2, 0.25) is 0 Å². The molecule has 2 fully saturated rings. The number of hydrogen-bond donors (Lipinski definition) is 1. The molecule has 0 amide bonds. The molecular formula is C18H24BrNO3. The standard InChI is InChI=1S/C18H24BrNO3/c1-17(2,3)23-16(21)11-22-18(9-15-8-13(18)10-20-15)12-4-6-14(19)7-5-12/h4-7,13,15,20H,8-11H2,1-3H3. The third-order valence-corrected chi connectivity index (χ3v) is 5.16. The summed E-state index contributed by atoms with van der Waals surface area (Å²) >= 11 is 3.48. The van der Waals surface area contributed by atoms with Gasteiger partial charge >= 0.3 is 5.97 Å². The Labute approximate surface area is 146 Å². The lowest BCUT2D eigenvalue weighted by molar-refractivity contribution is -0.171. The molecule has 126 valence electrons. The first-order chi connectivity index (χ1) is 10.8. The van der Waals surface area contributed by atoms with Gasteiger partial charge in [-0.3, -0.25) is 0 Å². The zero-order valence-electron chi connectivity index (χ0n) is 13.9. The van der Waals surface area contributed by atoms with Crippen molar-refractivity contribution in [2.75, 3.05) is 13.2 Å². The van der Waals surface area contributed by atoms with Gasteiger partial charge in [-0.2, -0.15) is 0 Å². The van der Waals surface area contributed by atoms with E-state index in [-0.39, 0.29) is 18.2 Å². The third kappa shape index (κ3) is 3.62. The highest BCUT2D eigenvalue weighted by molar-refractivity contribution is 9.10. The van der Waals surface area contributed by atoms with Crippen molar-refractivity contribution in [2.45, 2.75) is 50.9 Å². The van der Waals surface area contributed by atoms with Gasteiger partial charge < -0.3 is 14.8 Å². The topological polar surface area (TPSA) is 47.6 Å². The lowest BCUT2D eigenvalue weighted by atomic mass is 9.82. The van der Waals surface area contributed by atoms with E-state index in [9.17, 15) is 4.79 Å². The average molecular weight is 382 g/mol. The second-order valence-electron chi connectivity index (χ2n) is 7.51. The number of esters is 1. The second kappa shape index (κ2) is 6.19. The first kappa shape index (κ1) is 16.9. The fraction of sp³-hybridized carbons (Fsp3) is 0.611. The van der Waals surface area contributed by atoms with Crippen LogP contribution in [0.5, 0.6) is 0 Å². The molecule has 5 heteroatoms. The molecule has 3 rings (SSSR count). The Morgan fingerprint density at radius 3 is 2.57 bits per heavy atom. The monoisotopic (exact) mass is 381 g/mol. The smallest absolute Gasteiger partial charge is 0.332 e. The maximum Gasteiger partial charge on any atom is 0.332 e. The molecule has 1 aliphatic carbocycles. The summed E-state index contributed by atoms with van der Waals surface area (Å²) in [6.45, 7) is 6.55. The van der Waals surface area contributed by atoms with Crippen molar-refractivity contribution in [1.29, 1.82) is 0 Å². The summed E-state index contributed by atoms with van der Waals surface area (Å²) in [6, 6.07) is 8.74. The van der Waals surface area contributed by atoms with Crippen molar-refractivity contribution >= 4 is 21.9 Å². The van der Waals surface area contributed by atoms with E-state index in [0.717, 1.165) is 29.4 Å². The SMILES string of the molecule is CC(C)(C)OC(=O)COC1(c2ccc(Br)cc2)CC2CC1CN2. The van der Waals surface area contributed by atoms with Crippen LogP contribution in [0.4, 0.5) is 0 Å². The van der Waals surface area contributed by atoms with Crippen LogP contribution in [0.15, 0.2) is 28.7 Å². The lowest BCUT2D eigenvalue weighted by Crippen LogP contribution is -2.44. The highest BCUT2D eigenvalue weighted by atomic mass is 79.9. The molecule has 1 saturated heterocycles. The Balaban J connectivity index is 1.78. The maximum atomic E-state index is 12.1. The van der Waals surface area contributed by atoms with E-state index >= 15 is 0 Å². The molecule has 23 heavy (non-hydrogen) atoms. The highest BCUT2D eigenvalue weighted by Gasteiger charge is 2.53. The van der Waals surface area contributed by atoms with Crippen LogP contribution in [-0.2, 0) is 19.9 Å². The fourth-order valence-electron chi connectivity index (χ4n) is 3.77. The largest absolute Gasteiger partial charge is 0.458 e. The molecule has 1 heterocycles. The van der Waals surface area contributed by atoms with Crippen molar-refractivity contribution in [3.05, 3.63) is 34.3 Å². The van der Waals surface area contributed by atoms with E-state index in [1.807, 2.05) is 32.9 Å². The average Bonchev–Trinajstić information content (AvgIpc) is 3.05. The predicted octanol–water partition coefficient (Wildman–Crippen LogP) is 3.38. The zero-order chi connectivity index (χ0) is 16.7. The van der Waals surface area contributed by atoms with Crippen molar-refractivity contribution in [3.63, 3.8) is 0 Å². The van der Waals surface area contributed by atoms with Gasteiger partial charge in [-0.25, -0.2) is 4.79 Å². The Bertz CT molecular complexity index is 581. The van der Waals surface area contributed by atoms with Crippen molar-refractivity contribution in [3.8, 4) is 0 Å². The molecule has 0 aromatic heterocycles. The Morgan fingerprint density at radius 2 is 2.04 bits per heavy atom. The molecule has 4 nitrogen and oxygen atoms in total. The third-order valence-electron chi connectivity index (χ3n) is 4.63. The van der Waals surface area contributed by atoms with Crippen LogP contribution in [0.1, 0.15) is 39.2 Å². The van der Waals surface area contributed by atoms with Crippen LogP contribution in [0.3, 0.4) is 0 Å². The van der Waals surface area contributed by atoms with Gasteiger partial charge in [0.2, 0.25) is 0 Å². The van der Waals surface area contributed by atoms with Crippen molar-refractivity contribution in [2.24, 2.45) is 5.92 Å². The number of halogens is 1. The van der Waals surface area contributed by atoms with Gasteiger partial charge in [0.15, 0.2) is 0 Å². The molecule has 1 N–H and O–H groups in total. The molecule has 1 aliphatic heterocycles. The number of carbonyl (C=O) groups is 1. The molecule has 0 radical (unpaired) electrons. The number of piperidine rings is 1. The van der Waals surface area contributed by atoms with Gasteiger partial charge in [0.25, 0.3) is 0 Å². The van der Waals surface area contributed by atoms with Gasteiger partial charge in [0, 0.05) is 23.0 Å². The van der Waals surface area contributed by atoms with E-state index in [1.165, 1.54) is 0 Å². The molecule has 1 aromatic carbocycles. The number of nitrogens with one attached hydrogen (secondary N) is 1. The minimum atomic E-state index is -0.485. The summed E-state index contributed by atoms with van der Waals surface area (Å²) in [4.78, 5) is 12.1. The number of fused-ring (bicyclic) bond motifs is 2. The molecule has 3 unspecified atom stereocenters. The molecule has 2 bridgehead atoms. The molecule has 1 saturated carbocycles. The molecule has 0 spiro atoms. The lowest BCUT2D eigenvalue weighted by Gasteiger charge is -2.38. The minimum absolute atomic E-state index is 0.00342. The molecule has 3 atom stereocenters. The second-order valence-corrected chi connectivity index (χ2v) is 8.43. The van der Waals surface area contributed by atoms with Gasteiger partial charge in [-0.05, 0) is 51.3 Å². The Hall–Kier alpha value is -0.910. The number of ether oxygens (including phenoxy) is 2. The van der Waals surface area contributed by atoms with Crippen LogP contribution in [-0.4, -0.2) is 30.8 Å². The van der Waals surface area contributed by atoms with Gasteiger partial charge in [-0.15, -0.1) is 0 Å². The quantitative estimate of drug-likeness (QED) is 0.812. The van der Waals surface area contributed by atoms with Crippen LogP contribution in [0.25, 0.3) is 0 Å². The van der Waals surface area contributed by atoms with Crippen LogP contribution in [0, 0.1) is 5.92 Å². The summed E-state index contributed by atoms with van der Waals surface area (Å²) in [5.41, 5.74) is 0.285. The van der Waals surface area contributed by atoms with E-state index in [4.69, 9.17) is 9.47 Å². The Kier molecular flexibility index (Phi) is 4.55. The summed E-state index contributed by atoms with van der Waals surface area (Å²) < 4.78 is 12.7. The molecule has 1 aromatic rings. The van der Waals surface area contributed by atoms with Crippen molar-refractivity contribution < 1.29 is 14.3 Å². The first-order valence-electron chi connectivity index (χ1n) is 8.14. The van der Waals surface area contributed by atoms with E-state index in [1.54, 1.807) is 0 Å². The fourth-order valence-corrected chi connectivity index (χ4v) is 4.03. The van der Waals surface area contributed by atoms with E-state index in [0.29, 0.717) is 12.0 Å². The van der Waals surface area contributed by atoms with Crippen LogP contribution < -0.4 is 5.32 Å². The number of carbonyl (C=O) groups excluding carboxylic acids is 1. The van der Waals surface area contributed by atoms with Gasteiger partial charge in [0.05, 0.1) is 5.60 Å². The van der Waals surface area contributed by atoms with Crippen molar-refractivity contribution in [1.82, 2.24) is 5.32 Å². The van der Waals surface area contributed by atoms with Gasteiger partial charge in [0.1, 0.15) is 12.2 Å². The Morgan fingerprint density at radius 1 is 1.35 bits per heavy atom. The maximum absolute atomic E-state index is 12.1. The van der Waals surface area contributed by atoms with Crippen LogP contribution >= 0.6 is 15.9 Å². The molecular weight excluding hydrogens is 358 g/mol. The summed E-state index contributed by atoms with van der Waals surface area (Å²) in [7, 11) is 0. The minimum Gasteiger partial charge on any atom is -0.458 e.